The van der Waals surface area contributed by atoms with E-state index in [9.17, 15) is 0 Å². The Morgan fingerprint density at radius 2 is 0.866 bits per heavy atom. The SMILES string of the molecule is CC1(c2ccccc2)c2ccccc2-c2ccc(N(c3ccccc3)c3ccc(-c4cccc5c4-c4ccccc4C54c5ccc6ccccc6c5Oc5c4ccc4ccccc54)cc3)cc21. The lowest BCUT2D eigenvalue weighted by Gasteiger charge is -2.40. The summed E-state index contributed by atoms with van der Waals surface area (Å²) >= 11 is 0. The minimum atomic E-state index is -0.607. The van der Waals surface area contributed by atoms with E-state index in [2.05, 4.69) is 254 Å². The zero-order chi connectivity index (χ0) is 44.3. The van der Waals surface area contributed by atoms with E-state index in [1.165, 1.54) is 83.1 Å². The molecule has 11 aromatic rings. The van der Waals surface area contributed by atoms with Gasteiger partial charge in [-0.1, -0.05) is 206 Å². The Hall–Kier alpha value is -8.46. The lowest BCUT2D eigenvalue weighted by molar-refractivity contribution is 0.447. The monoisotopic (exact) mass is 853 g/mol. The number of hydrogen-bond acceptors (Lipinski definition) is 2. The summed E-state index contributed by atoms with van der Waals surface area (Å²) in [5.74, 6) is 1.86. The van der Waals surface area contributed by atoms with Gasteiger partial charge in [-0.2, -0.15) is 0 Å². The van der Waals surface area contributed by atoms with Gasteiger partial charge in [-0.3, -0.25) is 0 Å². The largest absolute Gasteiger partial charge is 0.455 e. The van der Waals surface area contributed by atoms with Crippen molar-refractivity contribution in [2.24, 2.45) is 0 Å². The highest BCUT2D eigenvalue weighted by Crippen LogP contribution is 2.65. The fourth-order valence-electron chi connectivity index (χ4n) is 12.2. The number of hydrogen-bond donors (Lipinski definition) is 0. The number of fused-ring (bicyclic) bond motifs is 16. The topological polar surface area (TPSA) is 12.5 Å². The van der Waals surface area contributed by atoms with Crippen LogP contribution in [0, 0.1) is 0 Å². The van der Waals surface area contributed by atoms with Crippen LogP contribution in [0.15, 0.2) is 243 Å². The Balaban J connectivity index is 0.947. The summed E-state index contributed by atoms with van der Waals surface area (Å²) in [5, 5.41) is 4.58. The fraction of sp³-hybridized carbons (Fsp3) is 0.0462. The molecule has 0 saturated carbocycles. The van der Waals surface area contributed by atoms with Crippen LogP contribution in [0.1, 0.15) is 45.9 Å². The van der Waals surface area contributed by atoms with E-state index in [1.807, 2.05) is 0 Å². The predicted octanol–water partition coefficient (Wildman–Crippen LogP) is 16.9. The van der Waals surface area contributed by atoms with Crippen LogP contribution >= 0.6 is 0 Å². The van der Waals surface area contributed by atoms with Crippen LogP contribution in [0.25, 0.3) is 54.9 Å². The normalized spacial score (nSPS) is 15.5. The Bertz CT molecular complexity index is 3710. The van der Waals surface area contributed by atoms with Crippen molar-refractivity contribution < 1.29 is 4.74 Å². The van der Waals surface area contributed by atoms with E-state index in [-0.39, 0.29) is 5.41 Å². The maximum atomic E-state index is 7.21. The molecule has 0 radical (unpaired) electrons. The molecule has 0 aromatic heterocycles. The summed E-state index contributed by atoms with van der Waals surface area (Å²) in [6.45, 7) is 2.39. The van der Waals surface area contributed by atoms with Gasteiger partial charge in [0, 0.05) is 44.4 Å². The summed E-state index contributed by atoms with van der Waals surface area (Å²) in [6.07, 6.45) is 0. The molecule has 1 unspecified atom stereocenters. The van der Waals surface area contributed by atoms with Gasteiger partial charge in [0.25, 0.3) is 0 Å². The number of rotatable bonds is 5. The number of para-hydroxylation sites is 1. The molecule has 0 bridgehead atoms. The van der Waals surface area contributed by atoms with Crippen LogP contribution in [0.3, 0.4) is 0 Å². The molecule has 1 heterocycles. The molecule has 2 aliphatic carbocycles. The third kappa shape index (κ3) is 5.21. The molecular weight excluding hydrogens is 811 g/mol. The van der Waals surface area contributed by atoms with E-state index < -0.39 is 5.41 Å². The van der Waals surface area contributed by atoms with Gasteiger partial charge in [-0.05, 0) is 115 Å². The van der Waals surface area contributed by atoms with Crippen molar-refractivity contribution in [1.82, 2.24) is 0 Å². The lowest BCUT2D eigenvalue weighted by atomic mass is 9.65. The van der Waals surface area contributed by atoms with Gasteiger partial charge in [-0.25, -0.2) is 0 Å². The van der Waals surface area contributed by atoms with E-state index >= 15 is 0 Å². The first kappa shape index (κ1) is 37.9. The quantitative estimate of drug-likeness (QED) is 0.171. The van der Waals surface area contributed by atoms with Gasteiger partial charge in [0.1, 0.15) is 11.5 Å². The summed E-state index contributed by atoms with van der Waals surface area (Å²) < 4.78 is 7.21. The third-order valence-electron chi connectivity index (χ3n) is 15.2. The van der Waals surface area contributed by atoms with Gasteiger partial charge in [0.05, 0.1) is 5.41 Å². The summed E-state index contributed by atoms with van der Waals surface area (Å²) in [5.41, 5.74) is 18.8. The zero-order valence-corrected chi connectivity index (χ0v) is 36.9. The highest BCUT2D eigenvalue weighted by Gasteiger charge is 2.52. The molecule has 67 heavy (non-hydrogen) atoms. The Labute approximate surface area is 390 Å². The summed E-state index contributed by atoms with van der Waals surface area (Å²) in [6, 6.07) is 89.4. The minimum Gasteiger partial charge on any atom is -0.455 e. The van der Waals surface area contributed by atoms with Crippen LogP contribution < -0.4 is 9.64 Å². The molecule has 1 atom stereocenters. The van der Waals surface area contributed by atoms with Crippen molar-refractivity contribution in [2.45, 2.75) is 17.8 Å². The van der Waals surface area contributed by atoms with Crippen molar-refractivity contribution in [1.29, 1.82) is 0 Å². The van der Waals surface area contributed by atoms with Crippen molar-refractivity contribution in [3.63, 3.8) is 0 Å². The molecule has 0 saturated heterocycles. The first-order valence-electron chi connectivity index (χ1n) is 23.3. The average Bonchev–Trinajstić information content (AvgIpc) is 3.84. The van der Waals surface area contributed by atoms with Crippen LogP contribution in [0.5, 0.6) is 11.5 Å². The highest BCUT2D eigenvalue weighted by atomic mass is 16.5. The van der Waals surface area contributed by atoms with E-state index in [4.69, 9.17) is 4.74 Å². The van der Waals surface area contributed by atoms with Crippen molar-refractivity contribution >= 4 is 38.6 Å². The molecule has 11 aromatic carbocycles. The summed E-state index contributed by atoms with van der Waals surface area (Å²) in [4.78, 5) is 2.41. The number of benzene rings is 11. The molecule has 2 heteroatoms. The first-order valence-corrected chi connectivity index (χ1v) is 23.3. The molecule has 0 N–H and O–H groups in total. The van der Waals surface area contributed by atoms with Crippen LogP contribution in [-0.4, -0.2) is 0 Å². The average molecular weight is 854 g/mol. The van der Waals surface area contributed by atoms with Crippen LogP contribution in [-0.2, 0) is 10.8 Å². The van der Waals surface area contributed by atoms with Gasteiger partial charge in [0.2, 0.25) is 0 Å². The van der Waals surface area contributed by atoms with Crippen LogP contribution in [0.4, 0.5) is 17.1 Å². The molecular formula is C65H43NO. The number of ether oxygens (including phenoxy) is 1. The molecule has 314 valence electrons. The van der Waals surface area contributed by atoms with E-state index in [0.29, 0.717) is 0 Å². The molecule has 1 spiro atoms. The lowest BCUT2D eigenvalue weighted by Crippen LogP contribution is -2.32. The molecule has 2 nitrogen and oxygen atoms in total. The van der Waals surface area contributed by atoms with Crippen molar-refractivity contribution in [3.8, 4) is 44.9 Å². The third-order valence-corrected chi connectivity index (χ3v) is 15.2. The summed E-state index contributed by atoms with van der Waals surface area (Å²) in [7, 11) is 0. The van der Waals surface area contributed by atoms with Gasteiger partial charge in [0.15, 0.2) is 0 Å². The number of anilines is 3. The maximum Gasteiger partial charge on any atom is 0.140 e. The first-order chi connectivity index (χ1) is 33.1. The Morgan fingerprint density at radius 1 is 0.343 bits per heavy atom. The second kappa shape index (κ2) is 14.3. The Morgan fingerprint density at radius 3 is 1.57 bits per heavy atom. The second-order valence-corrected chi connectivity index (χ2v) is 18.4. The molecule has 14 rings (SSSR count). The van der Waals surface area contributed by atoms with Crippen molar-refractivity contribution in [2.75, 3.05) is 4.90 Å². The molecule has 0 amide bonds. The smallest absolute Gasteiger partial charge is 0.140 e. The molecule has 1 aliphatic heterocycles. The maximum absolute atomic E-state index is 7.21. The zero-order valence-electron chi connectivity index (χ0n) is 36.9. The van der Waals surface area contributed by atoms with Gasteiger partial charge < -0.3 is 9.64 Å². The number of nitrogens with zero attached hydrogens (tertiary/aromatic N) is 1. The second-order valence-electron chi connectivity index (χ2n) is 18.4. The highest BCUT2D eigenvalue weighted by molar-refractivity contribution is 6.02. The van der Waals surface area contributed by atoms with Gasteiger partial charge >= 0.3 is 0 Å². The van der Waals surface area contributed by atoms with E-state index in [1.54, 1.807) is 0 Å². The minimum absolute atomic E-state index is 0.303. The Kier molecular flexibility index (Phi) is 8.06. The van der Waals surface area contributed by atoms with Crippen molar-refractivity contribution in [3.05, 3.63) is 282 Å². The fourth-order valence-corrected chi connectivity index (χ4v) is 12.2. The molecule has 0 fully saturated rings. The standard InChI is InChI=1S/C65H43NO/c1-64(45-19-4-2-5-20-45)55-28-14-12-25-52(55)53-38-37-48(41-60(53)64)66(46-21-6-3-7-22-46)47-35-31-44(32-36-47)49-27-16-30-57-61(49)54-26-13-15-29-56(54)65(57)58-39-33-42-17-8-10-23-50(42)62(58)67-63-51-24-11-9-18-43(51)34-40-59(63)65/h2-41H,1H3. The van der Waals surface area contributed by atoms with E-state index in [0.717, 1.165) is 39.3 Å². The van der Waals surface area contributed by atoms with Gasteiger partial charge in [-0.15, -0.1) is 0 Å². The predicted molar refractivity (Wildman–Crippen MR) is 276 cm³/mol. The van der Waals surface area contributed by atoms with Crippen LogP contribution in [0.2, 0.25) is 0 Å². The molecule has 3 aliphatic rings.